The van der Waals surface area contributed by atoms with Crippen molar-refractivity contribution in [3.63, 3.8) is 0 Å². The molecule has 0 saturated heterocycles. The van der Waals surface area contributed by atoms with Crippen LogP contribution in [-0.4, -0.2) is 17.8 Å². The predicted molar refractivity (Wildman–Crippen MR) is 78.7 cm³/mol. The molecule has 0 saturated carbocycles. The number of ketones is 1. The molecule has 0 spiro atoms. The highest BCUT2D eigenvalue weighted by Gasteiger charge is 2.08. The third-order valence-corrected chi connectivity index (χ3v) is 3.20. The highest BCUT2D eigenvalue weighted by Crippen LogP contribution is 2.16. The van der Waals surface area contributed by atoms with Crippen LogP contribution in [0.5, 0.6) is 5.75 Å². The Balaban J connectivity index is 1.95. The van der Waals surface area contributed by atoms with E-state index in [2.05, 4.69) is 0 Å². The van der Waals surface area contributed by atoms with E-state index in [0.29, 0.717) is 24.2 Å². The van der Waals surface area contributed by atoms with E-state index < -0.39 is 4.92 Å². The minimum atomic E-state index is -0.438. The van der Waals surface area contributed by atoms with Gasteiger partial charge in [0, 0.05) is 24.1 Å². The van der Waals surface area contributed by atoms with Gasteiger partial charge in [0.05, 0.1) is 12.0 Å². The van der Waals surface area contributed by atoms with E-state index >= 15 is 0 Å². The minimum absolute atomic E-state index is 0.0380. The number of ether oxygens (including phenoxy) is 1. The van der Waals surface area contributed by atoms with E-state index in [0.717, 1.165) is 5.56 Å². The van der Waals surface area contributed by atoms with Crippen LogP contribution in [0.4, 0.5) is 5.69 Å². The van der Waals surface area contributed by atoms with Crippen molar-refractivity contribution in [2.24, 2.45) is 0 Å². The van der Waals surface area contributed by atoms with Gasteiger partial charge in [-0.25, -0.2) is 0 Å². The summed E-state index contributed by atoms with van der Waals surface area (Å²) in [7, 11) is 1.57. The molecule has 5 nitrogen and oxygen atoms in total. The quantitative estimate of drug-likeness (QED) is 0.463. The molecule has 0 aliphatic carbocycles. The van der Waals surface area contributed by atoms with Gasteiger partial charge in [0.1, 0.15) is 5.75 Å². The number of carbonyl (C=O) groups is 1. The molecule has 108 valence electrons. The first-order valence-electron chi connectivity index (χ1n) is 6.51. The van der Waals surface area contributed by atoms with Crippen molar-refractivity contribution in [2.75, 3.05) is 7.11 Å². The standard InChI is InChI=1S/C16H15NO4/c1-21-15-9-5-13(6-10-15)16(18)11-4-12-2-7-14(8-3-12)17(19)20/h2-3,5-10H,4,11H2,1H3. The Labute approximate surface area is 122 Å². The van der Waals surface area contributed by atoms with Crippen LogP contribution in [-0.2, 0) is 6.42 Å². The second kappa shape index (κ2) is 6.65. The third kappa shape index (κ3) is 3.89. The van der Waals surface area contributed by atoms with Crippen LogP contribution in [0.2, 0.25) is 0 Å². The lowest BCUT2D eigenvalue weighted by Gasteiger charge is -2.03. The summed E-state index contributed by atoms with van der Waals surface area (Å²) in [6, 6.07) is 13.2. The molecule has 0 N–H and O–H groups in total. The maximum Gasteiger partial charge on any atom is 0.269 e. The van der Waals surface area contributed by atoms with Crippen LogP contribution in [0.1, 0.15) is 22.3 Å². The van der Waals surface area contributed by atoms with Crippen molar-refractivity contribution >= 4 is 11.5 Å². The van der Waals surface area contributed by atoms with Crippen LogP contribution in [0.3, 0.4) is 0 Å². The smallest absolute Gasteiger partial charge is 0.269 e. The summed E-state index contributed by atoms with van der Waals surface area (Å²) in [5.41, 5.74) is 1.60. The zero-order valence-corrected chi connectivity index (χ0v) is 11.6. The summed E-state index contributed by atoms with van der Waals surface area (Å²) < 4.78 is 5.04. The fourth-order valence-electron chi connectivity index (χ4n) is 1.96. The lowest BCUT2D eigenvalue weighted by atomic mass is 10.0. The van der Waals surface area contributed by atoms with Crippen molar-refractivity contribution in [1.82, 2.24) is 0 Å². The van der Waals surface area contributed by atoms with Crippen molar-refractivity contribution in [3.8, 4) is 5.75 Å². The number of hydrogen-bond acceptors (Lipinski definition) is 4. The molecule has 0 aromatic heterocycles. The fourth-order valence-corrected chi connectivity index (χ4v) is 1.96. The lowest BCUT2D eigenvalue weighted by molar-refractivity contribution is -0.384. The van der Waals surface area contributed by atoms with Gasteiger partial charge in [0.2, 0.25) is 0 Å². The summed E-state index contributed by atoms with van der Waals surface area (Å²) in [6.07, 6.45) is 0.924. The molecule has 2 rings (SSSR count). The first kappa shape index (κ1) is 14.7. The van der Waals surface area contributed by atoms with Gasteiger partial charge in [0.15, 0.2) is 5.78 Å². The van der Waals surface area contributed by atoms with E-state index in [1.54, 1.807) is 43.5 Å². The zero-order valence-electron chi connectivity index (χ0n) is 11.6. The second-order valence-electron chi connectivity index (χ2n) is 4.58. The van der Waals surface area contributed by atoms with Crippen LogP contribution >= 0.6 is 0 Å². The van der Waals surface area contributed by atoms with Crippen LogP contribution in [0.25, 0.3) is 0 Å². The minimum Gasteiger partial charge on any atom is -0.497 e. The third-order valence-electron chi connectivity index (χ3n) is 3.20. The molecule has 0 heterocycles. The van der Waals surface area contributed by atoms with Gasteiger partial charge >= 0.3 is 0 Å². The van der Waals surface area contributed by atoms with Crippen molar-refractivity contribution in [2.45, 2.75) is 12.8 Å². The number of benzene rings is 2. The Morgan fingerprint density at radius 3 is 2.24 bits per heavy atom. The molecule has 0 radical (unpaired) electrons. The maximum atomic E-state index is 12.0. The summed E-state index contributed by atoms with van der Waals surface area (Å²) in [5.74, 6) is 0.748. The SMILES string of the molecule is COc1ccc(C(=O)CCc2ccc([N+](=O)[O-])cc2)cc1. The van der Waals surface area contributed by atoms with E-state index in [1.165, 1.54) is 12.1 Å². The second-order valence-corrected chi connectivity index (χ2v) is 4.58. The van der Waals surface area contributed by atoms with Crippen molar-refractivity contribution in [3.05, 3.63) is 69.8 Å². The van der Waals surface area contributed by atoms with Crippen LogP contribution in [0.15, 0.2) is 48.5 Å². The number of Topliss-reactive ketones (excluding diaryl/α,β-unsaturated/α-hetero) is 1. The number of nitro groups is 1. The van der Waals surface area contributed by atoms with E-state index in [1.807, 2.05) is 0 Å². The Hall–Kier alpha value is -2.69. The molecule has 0 atom stereocenters. The van der Waals surface area contributed by atoms with Gasteiger partial charge in [-0.05, 0) is 36.2 Å². The van der Waals surface area contributed by atoms with Crippen LogP contribution in [0, 0.1) is 10.1 Å². The molecule has 2 aromatic rings. The normalized spacial score (nSPS) is 10.1. The van der Waals surface area contributed by atoms with Crippen molar-refractivity contribution < 1.29 is 14.5 Å². The van der Waals surface area contributed by atoms with Crippen molar-refractivity contribution in [1.29, 1.82) is 0 Å². The average Bonchev–Trinajstić information content (AvgIpc) is 2.53. The molecular weight excluding hydrogens is 270 g/mol. The first-order chi connectivity index (χ1) is 10.1. The van der Waals surface area contributed by atoms with E-state index in [9.17, 15) is 14.9 Å². The molecule has 0 aliphatic heterocycles. The molecule has 0 aliphatic rings. The fraction of sp³-hybridized carbons (Fsp3) is 0.188. The molecule has 5 heteroatoms. The molecule has 0 unspecified atom stereocenters. The molecule has 0 amide bonds. The molecule has 2 aromatic carbocycles. The van der Waals surface area contributed by atoms with Gasteiger partial charge in [-0.3, -0.25) is 14.9 Å². The molecule has 0 fully saturated rings. The van der Waals surface area contributed by atoms with E-state index in [4.69, 9.17) is 4.74 Å². The summed E-state index contributed by atoms with van der Waals surface area (Å²) >= 11 is 0. The number of carbonyl (C=O) groups excluding carboxylic acids is 1. The predicted octanol–water partition coefficient (Wildman–Crippen LogP) is 3.42. The Kier molecular flexibility index (Phi) is 4.66. The maximum absolute atomic E-state index is 12.0. The Bertz CT molecular complexity index is 632. The molecule has 0 bridgehead atoms. The summed E-state index contributed by atoms with van der Waals surface area (Å²) in [5, 5.41) is 10.6. The first-order valence-corrected chi connectivity index (χ1v) is 6.51. The molecule has 21 heavy (non-hydrogen) atoms. The van der Waals surface area contributed by atoms with E-state index in [-0.39, 0.29) is 11.5 Å². The Morgan fingerprint density at radius 1 is 1.10 bits per heavy atom. The van der Waals surface area contributed by atoms with Gasteiger partial charge < -0.3 is 4.74 Å². The number of aryl methyl sites for hydroxylation is 1. The number of nitrogens with zero attached hydrogens (tertiary/aromatic N) is 1. The summed E-state index contributed by atoms with van der Waals surface area (Å²) in [4.78, 5) is 22.2. The molecular formula is C16H15NO4. The van der Waals surface area contributed by atoms with Gasteiger partial charge in [0.25, 0.3) is 5.69 Å². The van der Waals surface area contributed by atoms with Gasteiger partial charge in [-0.1, -0.05) is 12.1 Å². The number of non-ortho nitro benzene ring substituents is 1. The van der Waals surface area contributed by atoms with Gasteiger partial charge in [-0.15, -0.1) is 0 Å². The Morgan fingerprint density at radius 2 is 1.71 bits per heavy atom. The number of hydrogen-bond donors (Lipinski definition) is 0. The largest absolute Gasteiger partial charge is 0.497 e. The topological polar surface area (TPSA) is 69.4 Å². The summed E-state index contributed by atoms with van der Waals surface area (Å²) in [6.45, 7) is 0. The number of rotatable bonds is 6. The van der Waals surface area contributed by atoms with Crippen LogP contribution < -0.4 is 4.74 Å². The highest BCUT2D eigenvalue weighted by atomic mass is 16.6. The highest BCUT2D eigenvalue weighted by molar-refractivity contribution is 5.96. The monoisotopic (exact) mass is 285 g/mol. The number of methoxy groups -OCH3 is 1. The average molecular weight is 285 g/mol. The number of nitro benzene ring substituents is 1. The lowest BCUT2D eigenvalue weighted by Crippen LogP contribution is -2.01. The van der Waals surface area contributed by atoms with Gasteiger partial charge in [-0.2, -0.15) is 0 Å². The zero-order chi connectivity index (χ0) is 15.2.